The van der Waals surface area contributed by atoms with Crippen LogP contribution in [0, 0.1) is 0 Å². The summed E-state index contributed by atoms with van der Waals surface area (Å²) < 4.78 is 5.19. The van der Waals surface area contributed by atoms with Gasteiger partial charge in [0.1, 0.15) is 0 Å². The van der Waals surface area contributed by atoms with E-state index in [2.05, 4.69) is 54.6 Å². The average Bonchev–Trinajstić information content (AvgIpc) is 2.70. The molecule has 0 radical (unpaired) electrons. The molecule has 0 bridgehead atoms. The maximum Gasteiger partial charge on any atom is 0.305 e. The zero-order valence-corrected chi connectivity index (χ0v) is 15.4. The Morgan fingerprint density at radius 3 is 2.11 bits per heavy atom. The summed E-state index contributed by atoms with van der Waals surface area (Å²) in [6.07, 6.45) is 3.59. The van der Waals surface area contributed by atoms with E-state index in [0.29, 0.717) is 19.4 Å². The number of hydrogen-bond donors (Lipinski definition) is 1. The third kappa shape index (κ3) is 3.74. The molecule has 3 heteroatoms. The van der Waals surface area contributed by atoms with Gasteiger partial charge in [-0.05, 0) is 63.6 Å². The van der Waals surface area contributed by atoms with Crippen molar-refractivity contribution >= 4 is 38.3 Å². The third-order valence-electron chi connectivity index (χ3n) is 5.18. The number of carbonyl (C=O) groups is 1. The minimum atomic E-state index is -0.216. The molecule has 0 unspecified atom stereocenters. The molecular weight excluding hydrogens is 336 g/mol. The van der Waals surface area contributed by atoms with Crippen LogP contribution in [-0.2, 0) is 16.0 Å². The van der Waals surface area contributed by atoms with Crippen LogP contribution in [0.3, 0.4) is 0 Å². The second-order valence-electron chi connectivity index (χ2n) is 7.13. The molecule has 0 aliphatic rings. The molecule has 4 aromatic carbocycles. The van der Waals surface area contributed by atoms with Crippen molar-refractivity contribution in [2.45, 2.75) is 32.1 Å². The second-order valence-corrected chi connectivity index (χ2v) is 7.13. The van der Waals surface area contributed by atoms with Crippen LogP contribution in [0.2, 0.25) is 0 Å². The molecule has 3 nitrogen and oxygen atoms in total. The quantitative estimate of drug-likeness (QED) is 0.266. The SMILES string of the molecule is O=C(CCCO)OCCCCc1cc2ccc3cccc4ccc(c1)c2c34. The van der Waals surface area contributed by atoms with Crippen LogP contribution in [-0.4, -0.2) is 24.3 Å². The predicted molar refractivity (Wildman–Crippen MR) is 110 cm³/mol. The summed E-state index contributed by atoms with van der Waals surface area (Å²) in [5, 5.41) is 16.6. The number of rotatable bonds is 8. The minimum Gasteiger partial charge on any atom is -0.466 e. The topological polar surface area (TPSA) is 46.5 Å². The third-order valence-corrected chi connectivity index (χ3v) is 5.18. The van der Waals surface area contributed by atoms with Crippen molar-refractivity contribution in [2.75, 3.05) is 13.2 Å². The lowest BCUT2D eigenvalue weighted by atomic mass is 9.92. The zero-order valence-electron chi connectivity index (χ0n) is 15.4. The van der Waals surface area contributed by atoms with Gasteiger partial charge in [-0.3, -0.25) is 4.79 Å². The maximum absolute atomic E-state index is 11.4. The van der Waals surface area contributed by atoms with Crippen LogP contribution >= 0.6 is 0 Å². The molecule has 0 aromatic heterocycles. The van der Waals surface area contributed by atoms with Crippen LogP contribution in [0.15, 0.2) is 54.6 Å². The van der Waals surface area contributed by atoms with Crippen molar-refractivity contribution < 1.29 is 14.6 Å². The van der Waals surface area contributed by atoms with Gasteiger partial charge in [0.05, 0.1) is 6.61 Å². The molecule has 4 aromatic rings. The van der Waals surface area contributed by atoms with E-state index < -0.39 is 0 Å². The average molecular weight is 360 g/mol. The fourth-order valence-corrected chi connectivity index (χ4v) is 3.88. The summed E-state index contributed by atoms with van der Waals surface area (Å²) in [6.45, 7) is 0.489. The van der Waals surface area contributed by atoms with Gasteiger partial charge in [-0.2, -0.15) is 0 Å². The number of unbranched alkanes of at least 4 members (excludes halogenated alkanes) is 1. The largest absolute Gasteiger partial charge is 0.466 e. The van der Waals surface area contributed by atoms with Gasteiger partial charge in [0.25, 0.3) is 0 Å². The van der Waals surface area contributed by atoms with Gasteiger partial charge in [-0.1, -0.05) is 54.6 Å². The van der Waals surface area contributed by atoms with E-state index in [-0.39, 0.29) is 12.6 Å². The lowest BCUT2D eigenvalue weighted by molar-refractivity contribution is -0.144. The van der Waals surface area contributed by atoms with Crippen molar-refractivity contribution in [2.24, 2.45) is 0 Å². The predicted octanol–water partition coefficient (Wildman–Crippen LogP) is 5.22. The molecule has 4 rings (SSSR count). The lowest BCUT2D eigenvalue weighted by Gasteiger charge is -2.12. The highest BCUT2D eigenvalue weighted by atomic mass is 16.5. The minimum absolute atomic E-state index is 0.0324. The van der Waals surface area contributed by atoms with Crippen molar-refractivity contribution in [3.63, 3.8) is 0 Å². The van der Waals surface area contributed by atoms with Crippen molar-refractivity contribution in [3.05, 3.63) is 60.2 Å². The molecule has 0 aliphatic carbocycles. The number of esters is 1. The summed E-state index contributed by atoms with van der Waals surface area (Å²) >= 11 is 0. The van der Waals surface area contributed by atoms with Gasteiger partial charge in [0, 0.05) is 13.0 Å². The Hall–Kier alpha value is -2.65. The van der Waals surface area contributed by atoms with Gasteiger partial charge >= 0.3 is 5.97 Å². The van der Waals surface area contributed by atoms with E-state index in [9.17, 15) is 4.79 Å². The first-order valence-electron chi connectivity index (χ1n) is 9.69. The van der Waals surface area contributed by atoms with Crippen LogP contribution in [0.4, 0.5) is 0 Å². The van der Waals surface area contributed by atoms with E-state index in [0.717, 1.165) is 19.3 Å². The summed E-state index contributed by atoms with van der Waals surface area (Å²) in [5.41, 5.74) is 1.33. The normalized spacial score (nSPS) is 11.6. The van der Waals surface area contributed by atoms with E-state index in [1.807, 2.05) is 0 Å². The molecule has 138 valence electrons. The maximum atomic E-state index is 11.4. The number of ether oxygens (including phenoxy) is 1. The molecule has 0 heterocycles. The summed E-state index contributed by atoms with van der Waals surface area (Å²) in [5.74, 6) is -0.216. The first-order chi connectivity index (χ1) is 13.3. The molecule has 0 atom stereocenters. The van der Waals surface area contributed by atoms with Gasteiger partial charge in [0.2, 0.25) is 0 Å². The molecule has 0 fully saturated rings. The summed E-state index contributed by atoms with van der Waals surface area (Å²) in [4.78, 5) is 11.4. The van der Waals surface area contributed by atoms with Crippen LogP contribution < -0.4 is 0 Å². The Kier molecular flexibility index (Phi) is 5.21. The molecule has 0 spiro atoms. The first-order valence-corrected chi connectivity index (χ1v) is 9.69. The Morgan fingerprint density at radius 2 is 1.44 bits per heavy atom. The highest BCUT2D eigenvalue weighted by Crippen LogP contribution is 2.35. The van der Waals surface area contributed by atoms with Gasteiger partial charge < -0.3 is 9.84 Å². The Morgan fingerprint density at radius 1 is 0.815 bits per heavy atom. The number of hydrogen-bond acceptors (Lipinski definition) is 3. The van der Waals surface area contributed by atoms with Crippen molar-refractivity contribution in [1.82, 2.24) is 0 Å². The summed E-state index contributed by atoms with van der Waals surface area (Å²) in [6, 6.07) is 19.9. The van der Waals surface area contributed by atoms with Crippen molar-refractivity contribution in [3.8, 4) is 0 Å². The lowest BCUT2D eigenvalue weighted by Crippen LogP contribution is -2.06. The van der Waals surface area contributed by atoms with E-state index in [1.165, 1.54) is 37.9 Å². The highest BCUT2D eigenvalue weighted by molar-refractivity contribution is 6.23. The molecule has 0 saturated carbocycles. The fraction of sp³-hybridized carbons (Fsp3) is 0.292. The fourth-order valence-electron chi connectivity index (χ4n) is 3.88. The number of carbonyl (C=O) groups excluding carboxylic acids is 1. The molecule has 27 heavy (non-hydrogen) atoms. The standard InChI is InChI=1S/C24H24O3/c25-13-4-8-22(26)27-14-2-1-5-17-15-20-11-9-18-6-3-7-19-10-12-21(16-17)24(20)23(18)19/h3,6-7,9-12,15-16,25H,1-2,4-5,8,13-14H2. The number of aryl methyl sites for hydroxylation is 1. The summed E-state index contributed by atoms with van der Waals surface area (Å²) in [7, 11) is 0. The Bertz CT molecular complexity index is 1000. The Balaban J connectivity index is 1.45. The smallest absolute Gasteiger partial charge is 0.305 e. The first kappa shape index (κ1) is 17.7. The number of aliphatic hydroxyl groups is 1. The van der Waals surface area contributed by atoms with Crippen molar-refractivity contribution in [1.29, 1.82) is 0 Å². The van der Waals surface area contributed by atoms with E-state index in [4.69, 9.17) is 9.84 Å². The van der Waals surface area contributed by atoms with E-state index >= 15 is 0 Å². The molecular formula is C24H24O3. The highest BCUT2D eigenvalue weighted by Gasteiger charge is 2.09. The van der Waals surface area contributed by atoms with Gasteiger partial charge in [-0.25, -0.2) is 0 Å². The molecule has 0 aliphatic heterocycles. The molecule has 0 amide bonds. The molecule has 1 N–H and O–H groups in total. The number of benzene rings is 4. The monoisotopic (exact) mass is 360 g/mol. The zero-order chi connectivity index (χ0) is 18.6. The van der Waals surface area contributed by atoms with Crippen LogP contribution in [0.5, 0.6) is 0 Å². The second kappa shape index (κ2) is 7.93. The van der Waals surface area contributed by atoms with Gasteiger partial charge in [-0.15, -0.1) is 0 Å². The van der Waals surface area contributed by atoms with E-state index in [1.54, 1.807) is 0 Å². The van der Waals surface area contributed by atoms with Gasteiger partial charge in [0.15, 0.2) is 0 Å². The Labute approximate surface area is 158 Å². The molecule has 0 saturated heterocycles. The van der Waals surface area contributed by atoms with Crippen LogP contribution in [0.25, 0.3) is 32.3 Å². The number of aliphatic hydroxyl groups excluding tert-OH is 1. The van der Waals surface area contributed by atoms with Crippen LogP contribution in [0.1, 0.15) is 31.2 Å².